The fourth-order valence-electron chi connectivity index (χ4n) is 2.28. The molecule has 0 aliphatic heterocycles. The molecule has 5 amide bonds. The van der Waals surface area contributed by atoms with Crippen LogP contribution in [-0.2, 0) is 28.7 Å². The third kappa shape index (κ3) is 17.3. The molecule has 33 heavy (non-hydrogen) atoms. The van der Waals surface area contributed by atoms with Gasteiger partial charge in [0.2, 0.25) is 23.6 Å². The first-order valence-electron chi connectivity index (χ1n) is 10.7. The summed E-state index contributed by atoms with van der Waals surface area (Å²) in [6.07, 6.45) is -0.552. The fourth-order valence-corrected chi connectivity index (χ4v) is 2.28. The number of carbonyl (C=O) groups is 5. The van der Waals surface area contributed by atoms with Gasteiger partial charge < -0.3 is 41.0 Å². The zero-order valence-corrected chi connectivity index (χ0v) is 20.2. The molecule has 13 nitrogen and oxygen atoms in total. The number of nitrogens with one attached hydrogen (secondary N) is 5. The van der Waals surface area contributed by atoms with E-state index in [1.165, 1.54) is 12.0 Å². The minimum absolute atomic E-state index is 0.0555. The first kappa shape index (κ1) is 30.1. The lowest BCUT2D eigenvalue weighted by atomic mass is 10.2. The van der Waals surface area contributed by atoms with Gasteiger partial charge in [-0.3, -0.25) is 19.2 Å². The number of alkyl carbamates (subject to hydrolysis) is 1. The molecule has 0 fully saturated rings. The summed E-state index contributed by atoms with van der Waals surface area (Å²) in [6.45, 7) is 7.65. The molecule has 0 aliphatic carbocycles. The average Bonchev–Trinajstić information content (AvgIpc) is 2.72. The molecule has 0 saturated heterocycles. The zero-order valence-electron chi connectivity index (χ0n) is 20.2. The van der Waals surface area contributed by atoms with Crippen molar-refractivity contribution in [3.8, 4) is 0 Å². The highest BCUT2D eigenvalue weighted by atomic mass is 16.6. The van der Waals surface area contributed by atoms with Crippen molar-refractivity contribution in [3.63, 3.8) is 0 Å². The Hall–Kier alpha value is -2.93. The smallest absolute Gasteiger partial charge is 0.407 e. The first-order chi connectivity index (χ1) is 15.5. The van der Waals surface area contributed by atoms with Crippen LogP contribution in [0.2, 0.25) is 0 Å². The van der Waals surface area contributed by atoms with Crippen LogP contribution in [0.15, 0.2) is 0 Å². The summed E-state index contributed by atoms with van der Waals surface area (Å²) >= 11 is 0. The second kappa shape index (κ2) is 16.7. The van der Waals surface area contributed by atoms with Gasteiger partial charge in [-0.1, -0.05) is 0 Å². The Morgan fingerprint density at radius 3 is 2.00 bits per heavy atom. The van der Waals surface area contributed by atoms with Crippen molar-refractivity contribution in [2.75, 3.05) is 66.1 Å². The van der Waals surface area contributed by atoms with Crippen LogP contribution in [-0.4, -0.2) is 106 Å². The molecule has 0 aromatic heterocycles. The van der Waals surface area contributed by atoms with Crippen molar-refractivity contribution in [2.24, 2.45) is 0 Å². The second-order valence-electron chi connectivity index (χ2n) is 7.92. The quantitative estimate of drug-likeness (QED) is 0.169. The Morgan fingerprint density at radius 1 is 0.818 bits per heavy atom. The molecule has 5 N–H and O–H groups in total. The number of rotatable bonds is 15. The van der Waals surface area contributed by atoms with Gasteiger partial charge in [0.15, 0.2) is 0 Å². The molecular formula is C20H38N6O7. The Morgan fingerprint density at radius 2 is 1.42 bits per heavy atom. The minimum atomic E-state index is -0.597. The van der Waals surface area contributed by atoms with E-state index in [1.54, 1.807) is 27.7 Å². The molecule has 0 unspecified atom stereocenters. The molecule has 0 radical (unpaired) electrons. The zero-order chi connectivity index (χ0) is 25.3. The molecular weight excluding hydrogens is 436 g/mol. The lowest BCUT2D eigenvalue weighted by molar-refractivity contribution is -0.136. The molecule has 0 saturated carbocycles. The van der Waals surface area contributed by atoms with E-state index in [1.807, 2.05) is 0 Å². The molecule has 0 aromatic carbocycles. The van der Waals surface area contributed by atoms with Crippen LogP contribution < -0.4 is 26.6 Å². The van der Waals surface area contributed by atoms with E-state index in [9.17, 15) is 24.0 Å². The number of hydrogen-bond acceptors (Lipinski definition) is 8. The van der Waals surface area contributed by atoms with E-state index in [2.05, 4.69) is 26.6 Å². The van der Waals surface area contributed by atoms with E-state index < -0.39 is 23.5 Å². The lowest BCUT2D eigenvalue weighted by Crippen LogP contribution is -2.48. The van der Waals surface area contributed by atoms with Gasteiger partial charge in [0, 0.05) is 33.3 Å². The van der Waals surface area contributed by atoms with Gasteiger partial charge in [0.05, 0.1) is 32.8 Å². The number of hydrogen-bond donors (Lipinski definition) is 5. The molecule has 0 heterocycles. The molecule has 0 bridgehead atoms. The van der Waals surface area contributed by atoms with Crippen molar-refractivity contribution >= 4 is 29.7 Å². The summed E-state index contributed by atoms with van der Waals surface area (Å²) in [7, 11) is 1.47. The Bertz CT molecular complexity index is 651. The molecule has 13 heteroatoms. The van der Waals surface area contributed by atoms with E-state index in [0.29, 0.717) is 13.1 Å². The molecule has 190 valence electrons. The largest absolute Gasteiger partial charge is 0.444 e. The summed E-state index contributed by atoms with van der Waals surface area (Å²) in [5.41, 5.74) is -0.597. The van der Waals surface area contributed by atoms with E-state index in [-0.39, 0.29) is 57.7 Å². The maximum atomic E-state index is 12.4. The number of methoxy groups -OCH3 is 1. The van der Waals surface area contributed by atoms with Gasteiger partial charge in [-0.15, -0.1) is 0 Å². The van der Waals surface area contributed by atoms with Crippen LogP contribution in [0.3, 0.4) is 0 Å². The summed E-state index contributed by atoms with van der Waals surface area (Å²) in [5.74, 6) is -1.73. The van der Waals surface area contributed by atoms with Crippen molar-refractivity contribution in [1.29, 1.82) is 0 Å². The number of likely N-dealkylation sites (N-methyl/N-ethyl adjacent to an activating group) is 1. The van der Waals surface area contributed by atoms with Gasteiger partial charge in [0.1, 0.15) is 5.60 Å². The third-order valence-corrected chi connectivity index (χ3v) is 3.76. The van der Waals surface area contributed by atoms with Gasteiger partial charge in [-0.25, -0.2) is 4.79 Å². The summed E-state index contributed by atoms with van der Waals surface area (Å²) in [5, 5.41) is 12.8. The van der Waals surface area contributed by atoms with Crippen LogP contribution in [0.5, 0.6) is 0 Å². The summed E-state index contributed by atoms with van der Waals surface area (Å²) in [4.78, 5) is 60.5. The Kier molecular flexibility index (Phi) is 15.2. The Labute approximate surface area is 194 Å². The molecule has 0 atom stereocenters. The third-order valence-electron chi connectivity index (χ3n) is 3.76. The normalized spacial score (nSPS) is 10.7. The van der Waals surface area contributed by atoms with Gasteiger partial charge in [-0.05, 0) is 27.7 Å². The van der Waals surface area contributed by atoms with Crippen LogP contribution in [0.25, 0.3) is 0 Å². The predicted octanol–water partition coefficient (Wildman–Crippen LogP) is -2.06. The summed E-state index contributed by atoms with van der Waals surface area (Å²) < 4.78 is 10.1. The number of ether oxygens (including phenoxy) is 2. The SMILES string of the molecule is CCNC(=O)CNC(=O)CNC(=O)CN(CCOC)C(=O)CNCCNC(=O)OC(C)(C)C. The Balaban J connectivity index is 4.33. The average molecular weight is 475 g/mol. The first-order valence-corrected chi connectivity index (χ1v) is 10.7. The topological polar surface area (TPSA) is 167 Å². The highest BCUT2D eigenvalue weighted by Gasteiger charge is 2.18. The lowest BCUT2D eigenvalue weighted by Gasteiger charge is -2.22. The van der Waals surface area contributed by atoms with Crippen LogP contribution in [0.4, 0.5) is 4.79 Å². The van der Waals surface area contributed by atoms with Crippen molar-refractivity contribution < 1.29 is 33.4 Å². The fraction of sp³-hybridized carbons (Fsp3) is 0.750. The van der Waals surface area contributed by atoms with Crippen LogP contribution in [0, 0.1) is 0 Å². The maximum Gasteiger partial charge on any atom is 0.407 e. The summed E-state index contributed by atoms with van der Waals surface area (Å²) in [6, 6.07) is 0. The number of nitrogens with zero attached hydrogens (tertiary/aromatic N) is 1. The number of amides is 5. The van der Waals surface area contributed by atoms with Crippen molar-refractivity contribution in [2.45, 2.75) is 33.3 Å². The molecule has 0 aliphatic rings. The van der Waals surface area contributed by atoms with Crippen molar-refractivity contribution in [3.05, 3.63) is 0 Å². The van der Waals surface area contributed by atoms with Crippen molar-refractivity contribution in [1.82, 2.24) is 31.5 Å². The molecule has 0 rings (SSSR count). The highest BCUT2D eigenvalue weighted by Crippen LogP contribution is 2.05. The maximum absolute atomic E-state index is 12.4. The second-order valence-corrected chi connectivity index (χ2v) is 7.92. The molecule has 0 spiro atoms. The number of carbonyl (C=O) groups excluding carboxylic acids is 5. The van der Waals surface area contributed by atoms with Gasteiger partial charge in [-0.2, -0.15) is 0 Å². The minimum Gasteiger partial charge on any atom is -0.444 e. The van der Waals surface area contributed by atoms with E-state index in [4.69, 9.17) is 9.47 Å². The van der Waals surface area contributed by atoms with Crippen LogP contribution >= 0.6 is 0 Å². The molecule has 0 aromatic rings. The highest BCUT2D eigenvalue weighted by molar-refractivity contribution is 5.90. The monoisotopic (exact) mass is 474 g/mol. The van der Waals surface area contributed by atoms with E-state index in [0.717, 1.165) is 0 Å². The van der Waals surface area contributed by atoms with Gasteiger partial charge >= 0.3 is 6.09 Å². The van der Waals surface area contributed by atoms with Gasteiger partial charge in [0.25, 0.3) is 0 Å². The van der Waals surface area contributed by atoms with E-state index >= 15 is 0 Å². The van der Waals surface area contributed by atoms with Crippen LogP contribution in [0.1, 0.15) is 27.7 Å². The predicted molar refractivity (Wildman–Crippen MR) is 120 cm³/mol. The standard InChI is InChI=1S/C20H38N6O7/c1-6-22-15(27)11-24-16(28)12-25-17(29)14-26(9-10-32-5)18(30)13-21-7-8-23-19(31)33-20(2,3)4/h21H,6-14H2,1-5H3,(H,22,27)(H,23,31)(H,24,28)(H,25,29).